The van der Waals surface area contributed by atoms with E-state index in [0.29, 0.717) is 13.1 Å². The number of allylic oxidation sites excluding steroid dienone is 1. The number of likely N-dealkylation sites (tertiary alicyclic amines) is 1. The predicted octanol–water partition coefficient (Wildman–Crippen LogP) is 1.71. The van der Waals surface area contributed by atoms with Crippen LogP contribution in [-0.4, -0.2) is 40.9 Å². The number of fused-ring (bicyclic) bond motifs is 1. The van der Waals surface area contributed by atoms with Crippen LogP contribution in [0.4, 0.5) is 0 Å². The molecule has 3 atom stereocenters. The Balaban J connectivity index is 2.00. The van der Waals surface area contributed by atoms with Crippen molar-refractivity contribution in [2.24, 2.45) is 11.8 Å². The minimum absolute atomic E-state index is 0.0126. The number of carboxylic acid groups (broad SMARTS) is 1. The molecular weight excluding hydrogens is 230 g/mol. The second-order valence-electron chi connectivity index (χ2n) is 5.40. The molecule has 0 amide bonds. The molecule has 0 aromatic carbocycles. The van der Waals surface area contributed by atoms with Gasteiger partial charge in [-0.2, -0.15) is 0 Å². The average Bonchev–Trinajstić information content (AvgIpc) is 2.86. The number of Topliss-reactive ketones (excluding diaryl/α,β-unsaturated/α-hetero) is 1. The summed E-state index contributed by atoms with van der Waals surface area (Å²) in [6, 6.07) is -0.490. The fourth-order valence-corrected chi connectivity index (χ4v) is 2.93. The molecule has 1 fully saturated rings. The molecule has 2 rings (SSSR count). The Bertz CT molecular complexity index is 389. The first-order chi connectivity index (χ1) is 8.54. The molecule has 1 unspecified atom stereocenters. The number of hydrogen-bond donors (Lipinski definition) is 1. The maximum atomic E-state index is 12.2. The molecule has 0 bridgehead atoms. The Labute approximate surface area is 108 Å². The van der Waals surface area contributed by atoms with Crippen LogP contribution in [0.2, 0.25) is 0 Å². The number of nitrogens with zero attached hydrogens (tertiary/aromatic N) is 1. The van der Waals surface area contributed by atoms with E-state index in [1.165, 1.54) is 0 Å². The lowest BCUT2D eigenvalue weighted by Crippen LogP contribution is -2.38. The van der Waals surface area contributed by atoms with Crippen molar-refractivity contribution in [3.8, 4) is 0 Å². The highest BCUT2D eigenvalue weighted by atomic mass is 16.4. The summed E-state index contributed by atoms with van der Waals surface area (Å²) in [7, 11) is 0. The number of ketones is 1. The van der Waals surface area contributed by atoms with Crippen molar-refractivity contribution in [3.63, 3.8) is 0 Å². The van der Waals surface area contributed by atoms with Gasteiger partial charge in [-0.1, -0.05) is 19.4 Å². The van der Waals surface area contributed by atoms with Gasteiger partial charge in [0, 0.05) is 24.9 Å². The van der Waals surface area contributed by atoms with Crippen molar-refractivity contribution in [1.82, 2.24) is 4.90 Å². The molecule has 1 heterocycles. The maximum Gasteiger partial charge on any atom is 0.320 e. The van der Waals surface area contributed by atoms with E-state index >= 15 is 0 Å². The van der Waals surface area contributed by atoms with Crippen molar-refractivity contribution in [1.29, 1.82) is 0 Å². The smallest absolute Gasteiger partial charge is 0.320 e. The number of carboxylic acids is 1. The van der Waals surface area contributed by atoms with E-state index in [-0.39, 0.29) is 17.6 Å². The van der Waals surface area contributed by atoms with Gasteiger partial charge in [0.25, 0.3) is 0 Å². The molecule has 0 aromatic rings. The molecule has 1 aliphatic heterocycles. The fourth-order valence-electron chi connectivity index (χ4n) is 2.93. The van der Waals surface area contributed by atoms with Gasteiger partial charge < -0.3 is 5.11 Å². The molecule has 1 saturated heterocycles. The third-order valence-electron chi connectivity index (χ3n) is 4.17. The van der Waals surface area contributed by atoms with Crippen LogP contribution in [0.1, 0.15) is 33.1 Å². The van der Waals surface area contributed by atoms with Crippen LogP contribution in [-0.2, 0) is 9.59 Å². The number of unbranched alkanes of at least 4 members (excludes halogenated alkanes) is 1. The van der Waals surface area contributed by atoms with Crippen LogP contribution in [0.3, 0.4) is 0 Å². The second kappa shape index (κ2) is 5.22. The van der Waals surface area contributed by atoms with Gasteiger partial charge in [0.15, 0.2) is 5.78 Å². The molecule has 100 valence electrons. The van der Waals surface area contributed by atoms with Crippen LogP contribution in [0.5, 0.6) is 0 Å². The summed E-state index contributed by atoms with van der Waals surface area (Å²) in [5.74, 6) is -0.295. The van der Waals surface area contributed by atoms with E-state index in [1.807, 2.05) is 4.90 Å². The van der Waals surface area contributed by atoms with Crippen LogP contribution < -0.4 is 0 Å². The highest BCUT2D eigenvalue weighted by molar-refractivity contribution is 6.00. The SMILES string of the molecule is CCCCC1=C[C@H]2CN(C(C)C(=O)O)C[C@H]2C1=O. The van der Waals surface area contributed by atoms with Gasteiger partial charge >= 0.3 is 5.97 Å². The standard InChI is InChI=1S/C14H21NO3/c1-3-4-5-10-6-11-7-15(9(2)14(17)18)8-12(11)13(10)16/h6,9,11-12H,3-5,7-8H2,1-2H3,(H,17,18)/t9?,11-,12+/m0/s1. The average molecular weight is 251 g/mol. The molecule has 0 spiro atoms. The summed E-state index contributed by atoms with van der Waals surface area (Å²) in [6.07, 6.45) is 5.14. The van der Waals surface area contributed by atoms with Crippen molar-refractivity contribution in [2.45, 2.75) is 39.2 Å². The number of carbonyl (C=O) groups is 2. The first kappa shape index (κ1) is 13.3. The Morgan fingerprint density at radius 1 is 1.56 bits per heavy atom. The van der Waals surface area contributed by atoms with Gasteiger partial charge in [0.1, 0.15) is 6.04 Å². The molecule has 2 aliphatic rings. The van der Waals surface area contributed by atoms with E-state index < -0.39 is 12.0 Å². The van der Waals surface area contributed by atoms with Gasteiger partial charge in [-0.15, -0.1) is 0 Å². The van der Waals surface area contributed by atoms with Gasteiger partial charge in [0.2, 0.25) is 0 Å². The molecule has 4 heteroatoms. The Hall–Kier alpha value is -1.16. The maximum absolute atomic E-state index is 12.2. The number of hydrogen-bond acceptors (Lipinski definition) is 3. The summed E-state index contributed by atoms with van der Waals surface area (Å²) >= 11 is 0. The van der Waals surface area contributed by atoms with Crippen molar-refractivity contribution < 1.29 is 14.7 Å². The molecular formula is C14H21NO3. The summed E-state index contributed by atoms with van der Waals surface area (Å²) in [5.41, 5.74) is 0.981. The minimum Gasteiger partial charge on any atom is -0.480 e. The van der Waals surface area contributed by atoms with Crippen molar-refractivity contribution in [2.75, 3.05) is 13.1 Å². The highest BCUT2D eigenvalue weighted by Gasteiger charge is 2.44. The first-order valence-electron chi connectivity index (χ1n) is 6.76. The van der Waals surface area contributed by atoms with Gasteiger partial charge in [-0.3, -0.25) is 14.5 Å². The number of rotatable bonds is 5. The van der Waals surface area contributed by atoms with E-state index in [4.69, 9.17) is 5.11 Å². The second-order valence-corrected chi connectivity index (χ2v) is 5.40. The van der Waals surface area contributed by atoms with Crippen LogP contribution in [0, 0.1) is 11.8 Å². The molecule has 0 saturated carbocycles. The highest BCUT2D eigenvalue weighted by Crippen LogP contribution is 2.36. The van der Waals surface area contributed by atoms with E-state index in [0.717, 1.165) is 24.8 Å². The predicted molar refractivity (Wildman–Crippen MR) is 68.3 cm³/mol. The lowest BCUT2D eigenvalue weighted by Gasteiger charge is -2.20. The van der Waals surface area contributed by atoms with E-state index in [1.54, 1.807) is 6.92 Å². The zero-order chi connectivity index (χ0) is 13.3. The van der Waals surface area contributed by atoms with Crippen molar-refractivity contribution in [3.05, 3.63) is 11.6 Å². The zero-order valence-electron chi connectivity index (χ0n) is 11.1. The van der Waals surface area contributed by atoms with Gasteiger partial charge in [0.05, 0.1) is 0 Å². The quantitative estimate of drug-likeness (QED) is 0.808. The van der Waals surface area contributed by atoms with Crippen molar-refractivity contribution >= 4 is 11.8 Å². The van der Waals surface area contributed by atoms with E-state index in [2.05, 4.69) is 13.0 Å². The Morgan fingerprint density at radius 3 is 2.83 bits per heavy atom. The third kappa shape index (κ3) is 2.34. The lowest BCUT2D eigenvalue weighted by molar-refractivity contribution is -0.142. The van der Waals surface area contributed by atoms with Crippen LogP contribution in [0.15, 0.2) is 11.6 Å². The van der Waals surface area contributed by atoms with Gasteiger partial charge in [-0.25, -0.2) is 0 Å². The van der Waals surface area contributed by atoms with E-state index in [9.17, 15) is 9.59 Å². The Kier molecular flexibility index (Phi) is 3.85. The summed E-state index contributed by atoms with van der Waals surface area (Å²) in [5, 5.41) is 9.00. The monoisotopic (exact) mass is 251 g/mol. The van der Waals surface area contributed by atoms with Crippen LogP contribution in [0.25, 0.3) is 0 Å². The fraction of sp³-hybridized carbons (Fsp3) is 0.714. The third-order valence-corrected chi connectivity index (χ3v) is 4.17. The molecule has 1 N–H and O–H groups in total. The number of carbonyl (C=O) groups excluding carboxylic acids is 1. The summed E-state index contributed by atoms with van der Waals surface area (Å²) < 4.78 is 0. The molecule has 18 heavy (non-hydrogen) atoms. The Morgan fingerprint density at radius 2 is 2.28 bits per heavy atom. The molecule has 0 aromatic heterocycles. The normalized spacial score (nSPS) is 29.2. The zero-order valence-corrected chi connectivity index (χ0v) is 11.1. The van der Waals surface area contributed by atoms with Gasteiger partial charge in [-0.05, 0) is 25.3 Å². The molecule has 4 nitrogen and oxygen atoms in total. The lowest BCUT2D eigenvalue weighted by atomic mass is 9.97. The van der Waals surface area contributed by atoms with Crippen LogP contribution >= 0.6 is 0 Å². The summed E-state index contributed by atoms with van der Waals surface area (Å²) in [6.45, 7) is 5.12. The molecule has 1 aliphatic carbocycles. The summed E-state index contributed by atoms with van der Waals surface area (Å²) in [4.78, 5) is 25.0. The largest absolute Gasteiger partial charge is 0.480 e. The molecule has 0 radical (unpaired) electrons. The number of aliphatic carboxylic acids is 1. The minimum atomic E-state index is -0.808. The first-order valence-corrected chi connectivity index (χ1v) is 6.76. The topological polar surface area (TPSA) is 57.6 Å².